The van der Waals surface area contributed by atoms with E-state index < -0.39 is 0 Å². The number of nitrogens with one attached hydrogen (secondary N) is 1. The Kier molecular flexibility index (Phi) is 6.21. The van der Waals surface area contributed by atoms with E-state index >= 15 is 0 Å². The van der Waals surface area contributed by atoms with Crippen molar-refractivity contribution in [3.63, 3.8) is 0 Å². The predicted octanol–water partition coefficient (Wildman–Crippen LogP) is 4.16. The van der Waals surface area contributed by atoms with Crippen LogP contribution in [-0.2, 0) is 23.3 Å². The van der Waals surface area contributed by atoms with E-state index in [1.807, 2.05) is 12.1 Å². The number of nitrogens with zero attached hydrogens (tertiary/aromatic N) is 7. The molecule has 0 unspecified atom stereocenters. The minimum absolute atomic E-state index is 0.0322. The smallest absolute Gasteiger partial charge is 0.278 e. The Hall–Kier alpha value is -4.51. The number of amides is 1. The SMILES string of the molecule is CN1CCc2ccc(Nc3ncc4c(=O)n5n(c4n3)-c3ccc4c(n3)N(CC(C)(C)C/C=C\C5)C(=O)CO4)cc2C1(C)C. The van der Waals surface area contributed by atoms with Gasteiger partial charge in [0, 0.05) is 30.5 Å². The van der Waals surface area contributed by atoms with Crippen LogP contribution in [0.4, 0.5) is 17.5 Å². The Morgan fingerprint density at radius 2 is 1.86 bits per heavy atom. The Morgan fingerprint density at radius 3 is 2.70 bits per heavy atom. The maximum Gasteiger partial charge on any atom is 0.278 e. The van der Waals surface area contributed by atoms with Crippen LogP contribution >= 0.6 is 0 Å². The van der Waals surface area contributed by atoms with Gasteiger partial charge >= 0.3 is 0 Å². The average Bonchev–Trinajstić information content (AvgIpc) is 3.24. The summed E-state index contributed by atoms with van der Waals surface area (Å²) in [6, 6.07) is 9.98. The van der Waals surface area contributed by atoms with Crippen LogP contribution in [-0.4, -0.2) is 61.9 Å². The highest BCUT2D eigenvalue weighted by molar-refractivity contribution is 5.97. The fourth-order valence-corrected chi connectivity index (χ4v) is 6.25. The van der Waals surface area contributed by atoms with Crippen LogP contribution in [0, 0.1) is 5.41 Å². The maximum atomic E-state index is 13.7. The zero-order valence-electron chi connectivity index (χ0n) is 25.2. The molecule has 0 saturated heterocycles. The third kappa shape index (κ3) is 4.58. The number of aromatic nitrogens is 5. The summed E-state index contributed by atoms with van der Waals surface area (Å²) in [5, 5.41) is 3.75. The summed E-state index contributed by atoms with van der Waals surface area (Å²) in [6.07, 6.45) is 7.35. The van der Waals surface area contributed by atoms with E-state index in [0.717, 1.165) is 25.1 Å². The highest BCUT2D eigenvalue weighted by atomic mass is 16.5. The molecule has 4 aromatic rings. The number of rotatable bonds is 2. The summed E-state index contributed by atoms with van der Waals surface area (Å²) < 4.78 is 9.05. The molecule has 1 amide bonds. The van der Waals surface area contributed by atoms with Crippen LogP contribution in [0.2, 0.25) is 0 Å². The molecule has 3 aliphatic rings. The molecular formula is C32H36N8O3. The van der Waals surface area contributed by atoms with Crippen molar-refractivity contribution >= 4 is 34.4 Å². The standard InChI is InChI=1S/C32H36N8O3/c1-31(2)13-6-7-14-39-29(42)22-17-33-30(34-21-9-8-20-12-15-37(5)32(3,4)23(20)16-21)36-27(22)40(39)25-11-10-24-28(35-25)38(19-31)26(41)18-43-24/h6-11,16-17H,12-15,18-19H2,1-5H3,(H,33,34,36)/b7-6-. The number of benzene rings is 1. The van der Waals surface area contributed by atoms with Crippen LogP contribution < -0.4 is 20.5 Å². The molecule has 3 aliphatic heterocycles. The van der Waals surface area contributed by atoms with E-state index in [0.29, 0.717) is 47.5 Å². The molecule has 1 N–H and O–H groups in total. The first-order chi connectivity index (χ1) is 20.5. The van der Waals surface area contributed by atoms with Crippen molar-refractivity contribution in [2.75, 3.05) is 37.0 Å². The van der Waals surface area contributed by atoms with Gasteiger partial charge in [-0.05, 0) is 74.5 Å². The number of carbonyl (C=O) groups is 1. The lowest BCUT2D eigenvalue weighted by atomic mass is 9.83. The number of likely N-dealkylation sites (N-methyl/N-ethyl adjacent to an activating group) is 1. The van der Waals surface area contributed by atoms with E-state index in [1.165, 1.54) is 11.1 Å². The van der Waals surface area contributed by atoms with Crippen molar-refractivity contribution < 1.29 is 9.53 Å². The fourth-order valence-electron chi connectivity index (χ4n) is 6.25. The lowest BCUT2D eigenvalue weighted by molar-refractivity contribution is -0.121. The largest absolute Gasteiger partial charge is 0.480 e. The van der Waals surface area contributed by atoms with Gasteiger partial charge in [0.05, 0.1) is 6.54 Å². The number of ether oxygens (including phenoxy) is 1. The van der Waals surface area contributed by atoms with Crippen LogP contribution in [0.25, 0.3) is 16.9 Å². The van der Waals surface area contributed by atoms with Crippen LogP contribution in [0.15, 0.2) is 53.5 Å². The normalized spacial score (nSPS) is 19.9. The maximum absolute atomic E-state index is 13.7. The van der Waals surface area contributed by atoms with Gasteiger partial charge in [-0.1, -0.05) is 32.1 Å². The highest BCUT2D eigenvalue weighted by Gasteiger charge is 2.34. The highest BCUT2D eigenvalue weighted by Crippen LogP contribution is 2.37. The van der Waals surface area contributed by atoms with E-state index in [-0.39, 0.29) is 29.0 Å². The Morgan fingerprint density at radius 1 is 1.02 bits per heavy atom. The molecule has 6 heterocycles. The molecule has 7 rings (SSSR count). The molecule has 11 heteroatoms. The van der Waals surface area contributed by atoms with E-state index in [2.05, 4.69) is 68.2 Å². The zero-order chi connectivity index (χ0) is 30.1. The third-order valence-corrected chi connectivity index (χ3v) is 9.02. The van der Waals surface area contributed by atoms with Crippen molar-refractivity contribution in [3.05, 3.63) is 70.2 Å². The molecular weight excluding hydrogens is 544 g/mol. The van der Waals surface area contributed by atoms with E-state index in [9.17, 15) is 9.59 Å². The summed E-state index contributed by atoms with van der Waals surface area (Å²) in [4.78, 5) is 45.0. The lowest BCUT2D eigenvalue weighted by Gasteiger charge is -2.41. The molecule has 0 radical (unpaired) electrons. The number of pyridine rings is 1. The zero-order valence-corrected chi connectivity index (χ0v) is 25.2. The van der Waals surface area contributed by atoms with Gasteiger partial charge in [-0.25, -0.2) is 19.3 Å². The quantitative estimate of drug-likeness (QED) is 0.352. The minimum atomic E-state index is -0.218. The van der Waals surface area contributed by atoms with Gasteiger partial charge in [-0.15, -0.1) is 0 Å². The van der Waals surface area contributed by atoms with Crippen LogP contribution in [0.1, 0.15) is 45.2 Å². The minimum Gasteiger partial charge on any atom is -0.480 e. The monoisotopic (exact) mass is 580 g/mol. The third-order valence-electron chi connectivity index (χ3n) is 9.02. The van der Waals surface area contributed by atoms with E-state index in [4.69, 9.17) is 14.7 Å². The van der Waals surface area contributed by atoms with Gasteiger partial charge in [-0.3, -0.25) is 19.4 Å². The summed E-state index contributed by atoms with van der Waals surface area (Å²) in [7, 11) is 2.15. The number of fused-ring (bicyclic) bond motifs is 6. The average molecular weight is 581 g/mol. The summed E-state index contributed by atoms with van der Waals surface area (Å²) >= 11 is 0. The summed E-state index contributed by atoms with van der Waals surface area (Å²) in [6.45, 7) is 10.5. The van der Waals surface area contributed by atoms with Crippen molar-refractivity contribution in [3.8, 4) is 11.6 Å². The van der Waals surface area contributed by atoms with Gasteiger partial charge in [0.2, 0.25) is 5.95 Å². The molecule has 2 bridgehead atoms. The lowest BCUT2D eigenvalue weighted by Crippen LogP contribution is -2.44. The second-order valence-corrected chi connectivity index (χ2v) is 13.0. The first kappa shape index (κ1) is 27.3. The summed E-state index contributed by atoms with van der Waals surface area (Å²) in [5.41, 5.74) is 3.39. The fraction of sp³-hybridized carbons (Fsp3) is 0.406. The second kappa shape index (κ2) is 9.77. The molecule has 0 atom stereocenters. The molecule has 43 heavy (non-hydrogen) atoms. The van der Waals surface area contributed by atoms with Gasteiger partial charge in [-0.2, -0.15) is 4.98 Å². The number of allylic oxidation sites excluding steroid dienone is 2. The van der Waals surface area contributed by atoms with Gasteiger partial charge in [0.1, 0.15) is 5.39 Å². The molecule has 0 fully saturated rings. The van der Waals surface area contributed by atoms with Crippen LogP contribution in [0.5, 0.6) is 5.75 Å². The Labute approximate surface area is 249 Å². The molecule has 1 aromatic carbocycles. The van der Waals surface area contributed by atoms with Crippen molar-refractivity contribution in [2.45, 2.75) is 52.6 Å². The number of hydrogen-bond donors (Lipinski definition) is 1. The van der Waals surface area contributed by atoms with E-state index in [1.54, 1.807) is 32.6 Å². The summed E-state index contributed by atoms with van der Waals surface area (Å²) in [5.74, 6) is 1.67. The number of hydrogen-bond acceptors (Lipinski definition) is 8. The Bertz CT molecular complexity index is 1870. The van der Waals surface area contributed by atoms with Crippen molar-refractivity contribution in [2.24, 2.45) is 5.41 Å². The molecule has 0 aliphatic carbocycles. The Balaban J connectivity index is 1.35. The number of carbonyl (C=O) groups excluding carboxylic acids is 1. The number of anilines is 3. The molecule has 222 valence electrons. The topological polar surface area (TPSA) is 110 Å². The van der Waals surface area contributed by atoms with Crippen molar-refractivity contribution in [1.29, 1.82) is 0 Å². The molecule has 3 aromatic heterocycles. The first-order valence-electron chi connectivity index (χ1n) is 14.7. The van der Waals surface area contributed by atoms with Gasteiger partial charge < -0.3 is 10.1 Å². The molecule has 0 saturated carbocycles. The first-order valence-corrected chi connectivity index (χ1v) is 14.7. The van der Waals surface area contributed by atoms with Gasteiger partial charge in [0.25, 0.3) is 11.5 Å². The van der Waals surface area contributed by atoms with Crippen molar-refractivity contribution in [1.82, 2.24) is 29.2 Å². The van der Waals surface area contributed by atoms with Gasteiger partial charge in [0.15, 0.2) is 29.6 Å². The molecule has 11 nitrogen and oxygen atoms in total. The predicted molar refractivity (Wildman–Crippen MR) is 165 cm³/mol. The second-order valence-electron chi connectivity index (χ2n) is 13.0. The van der Waals surface area contributed by atoms with Crippen LogP contribution in [0.3, 0.4) is 0 Å². The molecule has 0 spiro atoms.